The van der Waals surface area contributed by atoms with Gasteiger partial charge in [-0.1, -0.05) is 12.1 Å². The number of aromatic nitrogens is 2. The van der Waals surface area contributed by atoms with E-state index >= 15 is 0 Å². The Morgan fingerprint density at radius 1 is 1.37 bits per heavy atom. The number of carbonyl (C=O) groups is 1. The summed E-state index contributed by atoms with van der Waals surface area (Å²) in [5, 5.41) is 0. The molecule has 0 aliphatic rings. The van der Waals surface area contributed by atoms with Gasteiger partial charge in [0.25, 0.3) is 0 Å². The quantitative estimate of drug-likeness (QED) is 0.900. The van der Waals surface area contributed by atoms with E-state index < -0.39 is 11.7 Å². The van der Waals surface area contributed by atoms with Gasteiger partial charge in [-0.15, -0.1) is 0 Å². The van der Waals surface area contributed by atoms with Gasteiger partial charge in [-0.3, -0.25) is 0 Å². The van der Waals surface area contributed by atoms with Crippen LogP contribution in [-0.2, 0) is 11.2 Å². The molecule has 5 nitrogen and oxygen atoms in total. The zero-order valence-electron chi connectivity index (χ0n) is 11.5. The molecule has 1 aromatic heterocycles. The number of nitrogens with zero attached hydrogens (tertiary/aromatic N) is 2. The minimum absolute atomic E-state index is 0.412. The highest BCUT2D eigenvalue weighted by molar-refractivity contribution is 5.87. The summed E-state index contributed by atoms with van der Waals surface area (Å²) in [6.07, 6.45) is 0.123. The molecule has 1 aromatic carbocycles. The zero-order valence-corrected chi connectivity index (χ0v) is 11.5. The summed E-state index contributed by atoms with van der Waals surface area (Å²) in [5.74, 6) is 0.637. The van der Waals surface area contributed by atoms with E-state index in [4.69, 9.17) is 10.5 Å². The van der Waals surface area contributed by atoms with Crippen molar-refractivity contribution >= 4 is 17.1 Å². The standard InChI is InChI=1S/C14H19N3O2/c1-14(2,3)19-13(18)17-11-7-5-4-6-10(11)16-12(17)8-9-15/h4-7H,8-9,15H2,1-3H3. The van der Waals surface area contributed by atoms with Crippen molar-refractivity contribution in [1.29, 1.82) is 0 Å². The molecule has 2 rings (SSSR count). The van der Waals surface area contributed by atoms with Gasteiger partial charge in [-0.2, -0.15) is 0 Å². The second kappa shape index (κ2) is 5.01. The second-order valence-corrected chi connectivity index (χ2v) is 5.37. The van der Waals surface area contributed by atoms with E-state index in [0.29, 0.717) is 18.8 Å². The highest BCUT2D eigenvalue weighted by Gasteiger charge is 2.22. The van der Waals surface area contributed by atoms with Crippen LogP contribution < -0.4 is 5.73 Å². The predicted octanol–water partition coefficient (Wildman–Crippen LogP) is 2.32. The summed E-state index contributed by atoms with van der Waals surface area (Å²) in [6.45, 7) is 5.96. The SMILES string of the molecule is CC(C)(C)OC(=O)n1c(CCN)nc2ccccc21. The molecule has 0 fully saturated rings. The molecule has 0 unspecified atom stereocenters. The number of para-hydroxylation sites is 2. The van der Waals surface area contributed by atoms with Crippen molar-refractivity contribution in [2.24, 2.45) is 5.73 Å². The van der Waals surface area contributed by atoms with Crippen LogP contribution in [0.15, 0.2) is 24.3 Å². The Kier molecular flexibility index (Phi) is 3.57. The lowest BCUT2D eigenvalue weighted by molar-refractivity contribution is 0.0539. The van der Waals surface area contributed by atoms with Crippen molar-refractivity contribution in [1.82, 2.24) is 9.55 Å². The van der Waals surface area contributed by atoms with Crippen LogP contribution >= 0.6 is 0 Å². The topological polar surface area (TPSA) is 70.1 Å². The van der Waals surface area contributed by atoms with Gasteiger partial charge >= 0.3 is 6.09 Å². The molecule has 0 radical (unpaired) electrons. The van der Waals surface area contributed by atoms with Gasteiger partial charge < -0.3 is 10.5 Å². The van der Waals surface area contributed by atoms with Crippen molar-refractivity contribution in [3.63, 3.8) is 0 Å². The van der Waals surface area contributed by atoms with Crippen LogP contribution in [0.3, 0.4) is 0 Å². The Hall–Kier alpha value is -1.88. The molecule has 0 aliphatic heterocycles. The molecule has 19 heavy (non-hydrogen) atoms. The number of fused-ring (bicyclic) bond motifs is 1. The van der Waals surface area contributed by atoms with Crippen LogP contribution in [0, 0.1) is 0 Å². The van der Waals surface area contributed by atoms with E-state index in [9.17, 15) is 4.79 Å². The molecule has 0 saturated carbocycles. The van der Waals surface area contributed by atoms with Crippen molar-refractivity contribution in [2.75, 3.05) is 6.54 Å². The van der Waals surface area contributed by atoms with Crippen molar-refractivity contribution in [3.05, 3.63) is 30.1 Å². The number of hydrogen-bond donors (Lipinski definition) is 1. The molecular weight excluding hydrogens is 242 g/mol. The largest absolute Gasteiger partial charge is 0.443 e. The van der Waals surface area contributed by atoms with E-state index in [1.54, 1.807) is 0 Å². The van der Waals surface area contributed by atoms with E-state index in [2.05, 4.69) is 4.98 Å². The van der Waals surface area contributed by atoms with Crippen LogP contribution in [0.5, 0.6) is 0 Å². The lowest BCUT2D eigenvalue weighted by Gasteiger charge is -2.20. The molecule has 102 valence electrons. The van der Waals surface area contributed by atoms with Crippen molar-refractivity contribution < 1.29 is 9.53 Å². The van der Waals surface area contributed by atoms with E-state index in [1.807, 2.05) is 45.0 Å². The highest BCUT2D eigenvalue weighted by Crippen LogP contribution is 2.18. The van der Waals surface area contributed by atoms with Gasteiger partial charge in [-0.05, 0) is 39.4 Å². The van der Waals surface area contributed by atoms with Gasteiger partial charge in [0.05, 0.1) is 11.0 Å². The molecule has 0 aliphatic carbocycles. The molecule has 0 spiro atoms. The van der Waals surface area contributed by atoms with Crippen LogP contribution in [0.1, 0.15) is 26.6 Å². The van der Waals surface area contributed by atoms with Crippen LogP contribution in [0.4, 0.5) is 4.79 Å². The van der Waals surface area contributed by atoms with E-state index in [-0.39, 0.29) is 0 Å². The maximum Gasteiger partial charge on any atom is 0.420 e. The Bertz CT molecular complexity index is 596. The van der Waals surface area contributed by atoms with Gasteiger partial charge in [0.1, 0.15) is 11.4 Å². The summed E-state index contributed by atoms with van der Waals surface area (Å²) >= 11 is 0. The fourth-order valence-electron chi connectivity index (χ4n) is 1.88. The maximum atomic E-state index is 12.3. The van der Waals surface area contributed by atoms with E-state index in [0.717, 1.165) is 11.0 Å². The first-order valence-corrected chi connectivity index (χ1v) is 6.32. The molecule has 0 saturated heterocycles. The second-order valence-electron chi connectivity index (χ2n) is 5.37. The average Bonchev–Trinajstić information content (AvgIpc) is 2.65. The van der Waals surface area contributed by atoms with Crippen LogP contribution in [-0.4, -0.2) is 27.8 Å². The van der Waals surface area contributed by atoms with Gasteiger partial charge in [0.2, 0.25) is 0 Å². The van der Waals surface area contributed by atoms with Crippen molar-refractivity contribution in [3.8, 4) is 0 Å². The zero-order chi connectivity index (χ0) is 14.0. The molecule has 2 aromatic rings. The Balaban J connectivity index is 2.50. The lowest BCUT2D eigenvalue weighted by Crippen LogP contribution is -2.28. The first kappa shape index (κ1) is 13.5. The number of nitrogens with two attached hydrogens (primary N) is 1. The fourth-order valence-corrected chi connectivity index (χ4v) is 1.88. The first-order chi connectivity index (χ1) is 8.92. The van der Waals surface area contributed by atoms with E-state index in [1.165, 1.54) is 4.57 Å². The smallest absolute Gasteiger partial charge is 0.420 e. The fraction of sp³-hybridized carbons (Fsp3) is 0.429. The molecule has 1 heterocycles. The Morgan fingerprint density at radius 2 is 2.05 bits per heavy atom. The molecule has 0 bridgehead atoms. The summed E-state index contributed by atoms with van der Waals surface area (Å²) in [5.41, 5.74) is 6.56. The van der Waals surface area contributed by atoms with Gasteiger partial charge in [0.15, 0.2) is 0 Å². The number of hydrogen-bond acceptors (Lipinski definition) is 4. The molecule has 0 amide bonds. The summed E-state index contributed by atoms with van der Waals surface area (Å²) < 4.78 is 6.93. The number of rotatable bonds is 2. The number of ether oxygens (including phenoxy) is 1. The minimum Gasteiger partial charge on any atom is -0.443 e. The van der Waals surface area contributed by atoms with Gasteiger partial charge in [0, 0.05) is 6.42 Å². The predicted molar refractivity (Wildman–Crippen MR) is 74.1 cm³/mol. The monoisotopic (exact) mass is 261 g/mol. The normalized spacial score (nSPS) is 11.8. The summed E-state index contributed by atoms with van der Waals surface area (Å²) in [7, 11) is 0. The molecule has 0 atom stereocenters. The Morgan fingerprint density at radius 3 is 2.68 bits per heavy atom. The third-order valence-electron chi connectivity index (χ3n) is 2.57. The number of benzene rings is 1. The van der Waals surface area contributed by atoms with Gasteiger partial charge in [-0.25, -0.2) is 14.3 Å². The third-order valence-corrected chi connectivity index (χ3v) is 2.57. The highest BCUT2D eigenvalue weighted by atomic mass is 16.6. The average molecular weight is 261 g/mol. The summed E-state index contributed by atoms with van der Waals surface area (Å²) in [6, 6.07) is 7.49. The Labute approximate surface area is 112 Å². The third kappa shape index (κ3) is 2.93. The summed E-state index contributed by atoms with van der Waals surface area (Å²) in [4.78, 5) is 16.7. The lowest BCUT2D eigenvalue weighted by atomic mass is 10.2. The number of carbonyl (C=O) groups excluding carboxylic acids is 1. The molecular formula is C14H19N3O2. The molecule has 2 N–H and O–H groups in total. The molecule has 5 heteroatoms. The van der Waals surface area contributed by atoms with Crippen LogP contribution in [0.25, 0.3) is 11.0 Å². The van der Waals surface area contributed by atoms with Crippen molar-refractivity contribution in [2.45, 2.75) is 32.8 Å². The number of imidazole rings is 1. The first-order valence-electron chi connectivity index (χ1n) is 6.32. The maximum absolute atomic E-state index is 12.3. The van der Waals surface area contributed by atoms with Crippen LogP contribution in [0.2, 0.25) is 0 Å². The minimum atomic E-state index is -0.539.